The number of aromatic nitrogens is 2. The summed E-state index contributed by atoms with van der Waals surface area (Å²) < 4.78 is 0. The number of carbonyl (C=O) groups is 1. The molecule has 0 spiro atoms. The van der Waals surface area contributed by atoms with Gasteiger partial charge in [0.1, 0.15) is 5.56 Å². The number of nitrogens with one attached hydrogen (secondary N) is 2. The number of pyridine rings is 2. The van der Waals surface area contributed by atoms with E-state index < -0.39 is 11.5 Å². The van der Waals surface area contributed by atoms with Crippen molar-refractivity contribution in [3.05, 3.63) is 82.8 Å². The lowest BCUT2D eigenvalue weighted by Gasteiger charge is -2.05. The maximum atomic E-state index is 12.1. The molecule has 2 N–H and O–H groups in total. The Labute approximate surface area is 126 Å². The molecule has 1 aromatic carbocycles. The van der Waals surface area contributed by atoms with E-state index in [0.29, 0.717) is 17.1 Å². The van der Waals surface area contributed by atoms with Crippen molar-refractivity contribution in [2.24, 2.45) is 0 Å². The number of para-hydroxylation sites is 1. The Balaban J connectivity index is 1.87. The second-order valence-electron chi connectivity index (χ2n) is 4.65. The molecule has 5 heteroatoms. The minimum absolute atomic E-state index is 0.0588. The average molecular weight is 291 g/mol. The molecule has 5 nitrogen and oxygen atoms in total. The molecular formula is C17H13N3O2. The molecule has 2 aromatic heterocycles. The predicted molar refractivity (Wildman–Crippen MR) is 84.7 cm³/mol. The number of hydrogen-bond acceptors (Lipinski definition) is 3. The Morgan fingerprint density at radius 3 is 2.41 bits per heavy atom. The van der Waals surface area contributed by atoms with Crippen LogP contribution in [0, 0.1) is 0 Å². The van der Waals surface area contributed by atoms with Crippen LogP contribution in [0.5, 0.6) is 0 Å². The monoisotopic (exact) mass is 291 g/mol. The highest BCUT2D eigenvalue weighted by Crippen LogP contribution is 2.12. The van der Waals surface area contributed by atoms with E-state index in [2.05, 4.69) is 15.3 Å². The van der Waals surface area contributed by atoms with Gasteiger partial charge in [0.15, 0.2) is 0 Å². The standard InChI is InChI=1S/C17H13N3O2/c21-16(19-12-6-2-1-3-7-12)13-9-10-15(20-17(13)22)14-8-4-5-11-18-14/h1-11H,(H,19,21)(H,20,22). The van der Waals surface area contributed by atoms with Gasteiger partial charge in [-0.05, 0) is 36.4 Å². The molecule has 0 aliphatic heterocycles. The van der Waals surface area contributed by atoms with Crippen molar-refractivity contribution in [2.75, 3.05) is 5.32 Å². The molecule has 0 saturated heterocycles. The number of anilines is 1. The van der Waals surface area contributed by atoms with Gasteiger partial charge < -0.3 is 10.3 Å². The maximum absolute atomic E-state index is 12.1. The molecule has 0 radical (unpaired) electrons. The number of hydrogen-bond donors (Lipinski definition) is 2. The second-order valence-corrected chi connectivity index (χ2v) is 4.65. The molecule has 108 valence electrons. The smallest absolute Gasteiger partial charge is 0.261 e. The minimum atomic E-state index is -0.448. The van der Waals surface area contributed by atoms with Crippen molar-refractivity contribution in [3.63, 3.8) is 0 Å². The number of aromatic amines is 1. The van der Waals surface area contributed by atoms with Crippen LogP contribution in [-0.4, -0.2) is 15.9 Å². The molecule has 0 fully saturated rings. The van der Waals surface area contributed by atoms with Crippen LogP contribution >= 0.6 is 0 Å². The lowest BCUT2D eigenvalue weighted by molar-refractivity contribution is 0.102. The summed E-state index contributed by atoms with van der Waals surface area (Å²) >= 11 is 0. The first kappa shape index (κ1) is 13.8. The van der Waals surface area contributed by atoms with Crippen LogP contribution in [0.3, 0.4) is 0 Å². The van der Waals surface area contributed by atoms with Gasteiger partial charge in [-0.25, -0.2) is 0 Å². The Hall–Kier alpha value is -3.21. The highest BCUT2D eigenvalue weighted by molar-refractivity contribution is 6.04. The van der Waals surface area contributed by atoms with Crippen LogP contribution in [0.15, 0.2) is 71.7 Å². The van der Waals surface area contributed by atoms with Gasteiger partial charge in [-0.1, -0.05) is 24.3 Å². The van der Waals surface area contributed by atoms with E-state index in [1.807, 2.05) is 24.3 Å². The van der Waals surface area contributed by atoms with Gasteiger partial charge in [-0.3, -0.25) is 14.6 Å². The van der Waals surface area contributed by atoms with Crippen molar-refractivity contribution in [1.29, 1.82) is 0 Å². The highest BCUT2D eigenvalue weighted by Gasteiger charge is 2.11. The number of benzene rings is 1. The highest BCUT2D eigenvalue weighted by atomic mass is 16.2. The maximum Gasteiger partial charge on any atom is 0.261 e. The summed E-state index contributed by atoms with van der Waals surface area (Å²) in [7, 11) is 0. The van der Waals surface area contributed by atoms with Crippen LogP contribution in [0.25, 0.3) is 11.4 Å². The molecule has 0 unspecified atom stereocenters. The van der Waals surface area contributed by atoms with Crippen molar-refractivity contribution in [1.82, 2.24) is 9.97 Å². The predicted octanol–water partition coefficient (Wildman–Crippen LogP) is 2.69. The molecule has 2 heterocycles. The summed E-state index contributed by atoms with van der Waals surface area (Å²) in [4.78, 5) is 31.1. The van der Waals surface area contributed by atoms with Gasteiger partial charge in [0.2, 0.25) is 0 Å². The third-order valence-electron chi connectivity index (χ3n) is 3.13. The number of carbonyl (C=O) groups excluding carboxylic acids is 1. The van der Waals surface area contributed by atoms with Gasteiger partial charge in [0.05, 0.1) is 11.4 Å². The molecule has 3 rings (SSSR count). The molecule has 0 aliphatic rings. The van der Waals surface area contributed by atoms with Gasteiger partial charge >= 0.3 is 0 Å². The van der Waals surface area contributed by atoms with Crippen LogP contribution in [-0.2, 0) is 0 Å². The topological polar surface area (TPSA) is 74.8 Å². The summed E-state index contributed by atoms with van der Waals surface area (Å²) in [5, 5.41) is 2.68. The first-order valence-electron chi connectivity index (χ1n) is 6.75. The summed E-state index contributed by atoms with van der Waals surface area (Å²) in [6, 6.07) is 17.6. The molecule has 0 bridgehead atoms. The summed E-state index contributed by atoms with van der Waals surface area (Å²) in [5.41, 5.74) is 1.47. The molecule has 1 amide bonds. The zero-order chi connectivity index (χ0) is 15.4. The number of nitrogens with zero attached hydrogens (tertiary/aromatic N) is 1. The molecule has 0 atom stereocenters. The number of rotatable bonds is 3. The Bertz CT molecular complexity index is 843. The zero-order valence-corrected chi connectivity index (χ0v) is 11.6. The third kappa shape index (κ3) is 2.93. The van der Waals surface area contributed by atoms with Gasteiger partial charge in [0.25, 0.3) is 11.5 Å². The number of H-pyrrole nitrogens is 1. The Morgan fingerprint density at radius 1 is 0.955 bits per heavy atom. The zero-order valence-electron chi connectivity index (χ0n) is 11.6. The van der Waals surface area contributed by atoms with E-state index in [1.54, 1.807) is 36.5 Å². The Morgan fingerprint density at radius 2 is 1.73 bits per heavy atom. The van der Waals surface area contributed by atoms with E-state index in [-0.39, 0.29) is 5.56 Å². The second kappa shape index (κ2) is 6.05. The molecule has 22 heavy (non-hydrogen) atoms. The van der Waals surface area contributed by atoms with E-state index in [1.165, 1.54) is 6.07 Å². The lowest BCUT2D eigenvalue weighted by Crippen LogP contribution is -2.23. The van der Waals surface area contributed by atoms with E-state index in [4.69, 9.17) is 0 Å². The SMILES string of the molecule is O=C(Nc1ccccc1)c1ccc(-c2ccccn2)[nH]c1=O. The fourth-order valence-corrected chi connectivity index (χ4v) is 2.04. The van der Waals surface area contributed by atoms with Crippen molar-refractivity contribution >= 4 is 11.6 Å². The molecule has 0 saturated carbocycles. The fourth-order valence-electron chi connectivity index (χ4n) is 2.04. The molecule has 0 aliphatic carbocycles. The van der Waals surface area contributed by atoms with Crippen LogP contribution in [0.4, 0.5) is 5.69 Å². The molecular weight excluding hydrogens is 278 g/mol. The largest absolute Gasteiger partial charge is 0.322 e. The van der Waals surface area contributed by atoms with Gasteiger partial charge in [-0.2, -0.15) is 0 Å². The first-order valence-corrected chi connectivity index (χ1v) is 6.75. The van der Waals surface area contributed by atoms with E-state index >= 15 is 0 Å². The van der Waals surface area contributed by atoms with E-state index in [0.717, 1.165) is 0 Å². The van der Waals surface area contributed by atoms with Gasteiger partial charge in [0, 0.05) is 11.9 Å². The first-order chi connectivity index (χ1) is 10.7. The fraction of sp³-hybridized carbons (Fsp3) is 0. The Kier molecular flexibility index (Phi) is 3.78. The molecule has 3 aromatic rings. The third-order valence-corrected chi connectivity index (χ3v) is 3.13. The minimum Gasteiger partial charge on any atom is -0.322 e. The van der Waals surface area contributed by atoms with Crippen LogP contribution < -0.4 is 10.9 Å². The van der Waals surface area contributed by atoms with E-state index in [9.17, 15) is 9.59 Å². The average Bonchev–Trinajstić information content (AvgIpc) is 2.56. The van der Waals surface area contributed by atoms with Gasteiger partial charge in [-0.15, -0.1) is 0 Å². The lowest BCUT2D eigenvalue weighted by atomic mass is 10.2. The van der Waals surface area contributed by atoms with Crippen molar-refractivity contribution < 1.29 is 4.79 Å². The van der Waals surface area contributed by atoms with Crippen LogP contribution in [0.2, 0.25) is 0 Å². The quantitative estimate of drug-likeness (QED) is 0.779. The van der Waals surface area contributed by atoms with Crippen molar-refractivity contribution in [3.8, 4) is 11.4 Å². The summed E-state index contributed by atoms with van der Waals surface area (Å²) in [6.07, 6.45) is 1.64. The van der Waals surface area contributed by atoms with Crippen LogP contribution in [0.1, 0.15) is 10.4 Å². The summed E-state index contributed by atoms with van der Waals surface area (Å²) in [5.74, 6) is -0.444. The summed E-state index contributed by atoms with van der Waals surface area (Å²) in [6.45, 7) is 0. The number of amides is 1. The normalized spacial score (nSPS) is 10.2. The van der Waals surface area contributed by atoms with Crippen molar-refractivity contribution in [2.45, 2.75) is 0 Å².